The van der Waals surface area contributed by atoms with Gasteiger partial charge >= 0.3 is 0 Å². The lowest BCUT2D eigenvalue weighted by Gasteiger charge is -2.44. The Labute approximate surface area is 140 Å². The Morgan fingerprint density at radius 1 is 1.00 bits per heavy atom. The summed E-state index contributed by atoms with van der Waals surface area (Å²) in [6.07, 6.45) is -2.95. The molecule has 0 bridgehead atoms. The molecule has 1 heterocycles. The molecule has 5 heteroatoms. The van der Waals surface area contributed by atoms with E-state index in [9.17, 15) is 20.4 Å². The second kappa shape index (κ2) is 7.01. The van der Waals surface area contributed by atoms with Crippen LogP contribution in [0.3, 0.4) is 0 Å². The Morgan fingerprint density at radius 2 is 1.71 bits per heavy atom. The van der Waals surface area contributed by atoms with Gasteiger partial charge < -0.3 is 25.2 Å². The van der Waals surface area contributed by atoms with Crippen LogP contribution in [0, 0.1) is 0 Å². The second-order valence-corrected chi connectivity index (χ2v) is 6.20. The maximum Gasteiger partial charge on any atom is 0.146 e. The second-order valence-electron chi connectivity index (χ2n) is 6.20. The molecule has 128 valence electrons. The maximum absolute atomic E-state index is 11.0. The van der Waals surface area contributed by atoms with E-state index in [1.54, 1.807) is 18.2 Å². The van der Waals surface area contributed by atoms with E-state index in [1.807, 2.05) is 36.4 Å². The molecule has 5 nitrogen and oxygen atoms in total. The van der Waals surface area contributed by atoms with Crippen molar-refractivity contribution < 1.29 is 25.2 Å². The first kappa shape index (κ1) is 17.1. The van der Waals surface area contributed by atoms with Gasteiger partial charge in [0.05, 0.1) is 13.2 Å². The number of benzene rings is 2. The minimum absolute atomic E-state index is 0.151. The van der Waals surface area contributed by atoms with Gasteiger partial charge in [-0.3, -0.25) is 0 Å². The maximum atomic E-state index is 11.0. The monoisotopic (exact) mass is 330 g/mol. The minimum Gasteiger partial charge on any atom is -0.394 e. The molecule has 1 aliphatic heterocycles. The molecule has 0 aliphatic carbocycles. The van der Waals surface area contributed by atoms with Gasteiger partial charge in [0.15, 0.2) is 0 Å². The number of aliphatic hydroxyl groups excluding tert-OH is 3. The van der Waals surface area contributed by atoms with E-state index in [1.165, 1.54) is 0 Å². The van der Waals surface area contributed by atoms with Crippen molar-refractivity contribution in [3.8, 4) is 0 Å². The van der Waals surface area contributed by atoms with Gasteiger partial charge in [-0.1, -0.05) is 54.6 Å². The van der Waals surface area contributed by atoms with Crippen LogP contribution in [0.25, 0.3) is 0 Å². The van der Waals surface area contributed by atoms with Crippen molar-refractivity contribution in [2.75, 3.05) is 13.2 Å². The van der Waals surface area contributed by atoms with Gasteiger partial charge in [-0.2, -0.15) is 0 Å². The summed E-state index contributed by atoms with van der Waals surface area (Å²) in [7, 11) is 0. The molecule has 4 atom stereocenters. The summed E-state index contributed by atoms with van der Waals surface area (Å²) < 4.78 is 5.18. The van der Waals surface area contributed by atoms with Crippen molar-refractivity contribution in [2.45, 2.75) is 30.3 Å². The fourth-order valence-corrected chi connectivity index (χ4v) is 3.19. The molecule has 0 radical (unpaired) electrons. The molecule has 2 aromatic rings. The highest BCUT2D eigenvalue weighted by molar-refractivity contribution is 5.34. The smallest absolute Gasteiger partial charge is 0.146 e. The van der Waals surface area contributed by atoms with Crippen LogP contribution in [0.4, 0.5) is 0 Å². The normalized spacial score (nSPS) is 30.2. The predicted molar refractivity (Wildman–Crippen MR) is 88.4 cm³/mol. The van der Waals surface area contributed by atoms with Gasteiger partial charge in [0.1, 0.15) is 23.9 Å². The molecule has 2 aromatic carbocycles. The van der Waals surface area contributed by atoms with Crippen LogP contribution >= 0.6 is 0 Å². The van der Waals surface area contributed by atoms with Crippen molar-refractivity contribution in [3.05, 3.63) is 71.3 Å². The van der Waals surface area contributed by atoms with Gasteiger partial charge in [-0.25, -0.2) is 0 Å². The molecule has 0 saturated carbocycles. The quantitative estimate of drug-likeness (QED) is 0.658. The molecule has 1 fully saturated rings. The minimum atomic E-state index is -1.88. The van der Waals surface area contributed by atoms with Crippen LogP contribution in [-0.2, 0) is 16.8 Å². The molecule has 0 aromatic heterocycles. The zero-order valence-corrected chi connectivity index (χ0v) is 13.2. The molecule has 1 saturated heterocycles. The number of hydrogen-bond donors (Lipinski definition) is 4. The SMILES string of the molecule is OC[C@H]1OC[C@H](O)[C@](O)(c2cccc(Cc3ccccc3)c2)[C@@H]1O. The summed E-state index contributed by atoms with van der Waals surface area (Å²) in [6.45, 7) is -0.582. The van der Waals surface area contributed by atoms with Crippen LogP contribution in [-0.4, -0.2) is 52.0 Å². The molecule has 0 unspecified atom stereocenters. The molecular formula is C19H22O5. The summed E-state index contributed by atoms with van der Waals surface area (Å²) in [4.78, 5) is 0. The summed E-state index contributed by atoms with van der Waals surface area (Å²) in [5.74, 6) is 0. The molecule has 24 heavy (non-hydrogen) atoms. The summed E-state index contributed by atoms with van der Waals surface area (Å²) in [6, 6.07) is 17.1. The van der Waals surface area contributed by atoms with Crippen LogP contribution in [0.15, 0.2) is 54.6 Å². The highest BCUT2D eigenvalue weighted by atomic mass is 16.5. The standard InChI is InChI=1S/C19H22O5/c20-11-16-18(22)19(23,17(21)12-24-16)15-8-4-7-14(10-15)9-13-5-2-1-3-6-13/h1-8,10,16-18,20-23H,9,11-12H2/t16-,17+,18-,19-/m1/s1. The molecule has 0 spiro atoms. The molecule has 0 amide bonds. The first-order valence-electron chi connectivity index (χ1n) is 8.00. The first-order chi connectivity index (χ1) is 11.6. The van der Waals surface area contributed by atoms with E-state index >= 15 is 0 Å². The van der Waals surface area contributed by atoms with Gasteiger partial charge in [0.2, 0.25) is 0 Å². The molecular weight excluding hydrogens is 308 g/mol. The highest BCUT2D eigenvalue weighted by Crippen LogP contribution is 2.36. The Balaban J connectivity index is 1.91. The van der Waals surface area contributed by atoms with Crippen LogP contribution in [0.2, 0.25) is 0 Å². The topological polar surface area (TPSA) is 90.2 Å². The van der Waals surface area contributed by atoms with Crippen molar-refractivity contribution >= 4 is 0 Å². The zero-order chi connectivity index (χ0) is 17.2. The average molecular weight is 330 g/mol. The van der Waals surface area contributed by atoms with E-state index in [2.05, 4.69) is 0 Å². The van der Waals surface area contributed by atoms with Crippen molar-refractivity contribution in [1.82, 2.24) is 0 Å². The average Bonchev–Trinajstić information content (AvgIpc) is 2.61. The fraction of sp³-hybridized carbons (Fsp3) is 0.368. The number of hydrogen-bond acceptors (Lipinski definition) is 5. The van der Waals surface area contributed by atoms with E-state index < -0.39 is 30.5 Å². The zero-order valence-electron chi connectivity index (χ0n) is 13.2. The van der Waals surface area contributed by atoms with Crippen molar-refractivity contribution in [1.29, 1.82) is 0 Å². The van der Waals surface area contributed by atoms with Gasteiger partial charge in [0, 0.05) is 0 Å². The van der Waals surface area contributed by atoms with Gasteiger partial charge in [0.25, 0.3) is 0 Å². The third kappa shape index (κ3) is 3.09. The van der Waals surface area contributed by atoms with Gasteiger partial charge in [-0.15, -0.1) is 0 Å². The number of ether oxygens (including phenoxy) is 1. The number of aliphatic hydroxyl groups is 4. The summed E-state index contributed by atoms with van der Waals surface area (Å²) in [5, 5.41) is 40.9. The van der Waals surface area contributed by atoms with E-state index in [0.717, 1.165) is 11.1 Å². The predicted octanol–water partition coefficient (Wildman–Crippen LogP) is 0.578. The lowest BCUT2D eigenvalue weighted by molar-refractivity contribution is -0.253. The highest BCUT2D eigenvalue weighted by Gasteiger charge is 2.51. The van der Waals surface area contributed by atoms with Gasteiger partial charge in [-0.05, 0) is 23.1 Å². The largest absolute Gasteiger partial charge is 0.394 e. The van der Waals surface area contributed by atoms with Crippen LogP contribution in [0.5, 0.6) is 0 Å². The Bertz CT molecular complexity index is 674. The molecule has 1 aliphatic rings. The fourth-order valence-electron chi connectivity index (χ4n) is 3.19. The molecule has 3 rings (SSSR count). The lowest BCUT2D eigenvalue weighted by atomic mass is 9.78. The Morgan fingerprint density at radius 3 is 2.42 bits per heavy atom. The first-order valence-corrected chi connectivity index (χ1v) is 8.00. The summed E-state index contributed by atoms with van der Waals surface area (Å²) in [5.41, 5.74) is 0.623. The van der Waals surface area contributed by atoms with Crippen molar-refractivity contribution in [2.24, 2.45) is 0 Å². The third-order valence-electron chi connectivity index (χ3n) is 4.60. The Kier molecular flexibility index (Phi) is 4.99. The van der Waals surface area contributed by atoms with E-state index in [0.29, 0.717) is 12.0 Å². The van der Waals surface area contributed by atoms with Crippen molar-refractivity contribution in [3.63, 3.8) is 0 Å². The van der Waals surface area contributed by atoms with E-state index in [-0.39, 0.29) is 6.61 Å². The van der Waals surface area contributed by atoms with Crippen LogP contribution in [0.1, 0.15) is 16.7 Å². The third-order valence-corrected chi connectivity index (χ3v) is 4.60. The number of rotatable bonds is 4. The van der Waals surface area contributed by atoms with Crippen LogP contribution < -0.4 is 0 Å². The summed E-state index contributed by atoms with van der Waals surface area (Å²) >= 11 is 0. The molecule has 4 N–H and O–H groups in total. The Hall–Kier alpha value is -1.76. The lowest BCUT2D eigenvalue weighted by Crippen LogP contribution is -2.61. The van der Waals surface area contributed by atoms with E-state index in [4.69, 9.17) is 4.74 Å².